The van der Waals surface area contributed by atoms with Gasteiger partial charge in [0.25, 0.3) is 0 Å². The van der Waals surface area contributed by atoms with E-state index in [0.29, 0.717) is 34.3 Å². The number of nitrogens with zero attached hydrogens (tertiary/aromatic N) is 3. The molecule has 174 valence electrons. The van der Waals surface area contributed by atoms with E-state index in [1.165, 1.54) is 6.07 Å². The molecule has 1 amide bonds. The summed E-state index contributed by atoms with van der Waals surface area (Å²) in [5, 5.41) is 0.352. The van der Waals surface area contributed by atoms with Gasteiger partial charge in [-0.25, -0.2) is 13.8 Å². The number of hydrogen-bond acceptors (Lipinski definition) is 5. The van der Waals surface area contributed by atoms with Gasteiger partial charge in [-0.3, -0.25) is 9.69 Å². The number of carbonyl (C=O) groups is 1. The first-order valence-electron chi connectivity index (χ1n) is 11.0. The van der Waals surface area contributed by atoms with E-state index in [1.807, 2.05) is 67.5 Å². The second-order valence-corrected chi connectivity index (χ2v) is 9.50. The molecular formula is C26H23F2N3O2S. The Bertz CT molecular complexity index is 1330. The Kier molecular flexibility index (Phi) is 6.02. The first-order valence-corrected chi connectivity index (χ1v) is 11.8. The fourth-order valence-electron chi connectivity index (χ4n) is 4.24. The Balaban J connectivity index is 1.60. The molecule has 1 aliphatic rings. The van der Waals surface area contributed by atoms with Crippen molar-refractivity contribution in [1.82, 2.24) is 9.88 Å². The van der Waals surface area contributed by atoms with Crippen LogP contribution in [0.5, 0.6) is 11.5 Å². The zero-order valence-electron chi connectivity index (χ0n) is 18.8. The van der Waals surface area contributed by atoms with Gasteiger partial charge in [-0.1, -0.05) is 47.7 Å². The Hall–Kier alpha value is -3.36. The summed E-state index contributed by atoms with van der Waals surface area (Å²) in [6, 6.07) is 17.0. The lowest BCUT2D eigenvalue weighted by Crippen LogP contribution is -2.38. The lowest BCUT2D eigenvalue weighted by atomic mass is 9.87. The third kappa shape index (κ3) is 4.15. The molecule has 0 N–H and O–H groups in total. The van der Waals surface area contributed by atoms with Crippen molar-refractivity contribution in [1.29, 1.82) is 0 Å². The van der Waals surface area contributed by atoms with Crippen LogP contribution in [0.3, 0.4) is 0 Å². The maximum absolute atomic E-state index is 14.4. The van der Waals surface area contributed by atoms with Crippen LogP contribution in [-0.4, -0.2) is 43.0 Å². The van der Waals surface area contributed by atoms with Crippen molar-refractivity contribution < 1.29 is 18.3 Å². The van der Waals surface area contributed by atoms with E-state index in [1.54, 1.807) is 4.90 Å². The number of para-hydroxylation sites is 2. The molecule has 0 aliphatic carbocycles. The summed E-state index contributed by atoms with van der Waals surface area (Å²) in [5.41, 5.74) is 1.60. The molecule has 0 bridgehead atoms. The third-order valence-corrected chi connectivity index (χ3v) is 6.84. The summed E-state index contributed by atoms with van der Waals surface area (Å²) in [4.78, 5) is 22.2. The van der Waals surface area contributed by atoms with Crippen LogP contribution < -0.4 is 9.64 Å². The second-order valence-electron chi connectivity index (χ2n) is 8.49. The number of hydrogen-bond donors (Lipinski definition) is 0. The number of carbonyl (C=O) groups excluding carboxylic acids is 1. The molecule has 8 heteroatoms. The molecule has 0 saturated carbocycles. The van der Waals surface area contributed by atoms with E-state index in [4.69, 9.17) is 4.74 Å². The number of rotatable bonds is 6. The normalized spacial score (nSPS) is 13.0. The van der Waals surface area contributed by atoms with Gasteiger partial charge < -0.3 is 9.64 Å². The average Bonchev–Trinajstić information content (AvgIpc) is 3.23. The lowest BCUT2D eigenvalue weighted by Gasteiger charge is -2.31. The Morgan fingerprint density at radius 2 is 1.65 bits per heavy atom. The standard InChI is InChI=1S/C26H23F2N3O2S/c1-30(2)12-7-13-31(26-29-24-19(28)14-16(27)15-22(24)34-26)25(32)23-17-8-3-5-10-20(17)33-21-11-6-4-9-18(21)23/h3-6,8-11,14-15,23H,7,12-13H2,1-2H3. The number of benzene rings is 3. The van der Waals surface area contributed by atoms with Crippen molar-refractivity contribution >= 4 is 32.6 Å². The lowest BCUT2D eigenvalue weighted by molar-refractivity contribution is -0.119. The fraction of sp³-hybridized carbons (Fsp3) is 0.231. The molecule has 0 radical (unpaired) electrons. The first kappa shape index (κ1) is 22.4. The molecule has 0 fully saturated rings. The van der Waals surface area contributed by atoms with Crippen molar-refractivity contribution in [3.8, 4) is 11.5 Å². The van der Waals surface area contributed by atoms with Crippen molar-refractivity contribution in [2.75, 3.05) is 32.1 Å². The summed E-state index contributed by atoms with van der Waals surface area (Å²) < 4.78 is 34.6. The number of thiazole rings is 1. The Morgan fingerprint density at radius 1 is 1.00 bits per heavy atom. The average molecular weight is 480 g/mol. The van der Waals surface area contributed by atoms with Crippen LogP contribution in [0.1, 0.15) is 23.5 Å². The van der Waals surface area contributed by atoms with Crippen LogP contribution in [0, 0.1) is 11.6 Å². The minimum Gasteiger partial charge on any atom is -0.457 e. The Morgan fingerprint density at radius 3 is 2.29 bits per heavy atom. The van der Waals surface area contributed by atoms with Gasteiger partial charge in [0.1, 0.15) is 22.8 Å². The molecule has 1 aromatic heterocycles. The molecular weight excluding hydrogens is 456 g/mol. The van der Waals surface area contributed by atoms with Crippen LogP contribution in [0.15, 0.2) is 60.7 Å². The van der Waals surface area contributed by atoms with Crippen LogP contribution in [0.25, 0.3) is 10.2 Å². The number of amides is 1. The largest absolute Gasteiger partial charge is 0.457 e. The van der Waals surface area contributed by atoms with E-state index in [-0.39, 0.29) is 11.4 Å². The third-order valence-electron chi connectivity index (χ3n) is 5.81. The molecule has 0 saturated heterocycles. The van der Waals surface area contributed by atoms with Gasteiger partial charge in [-0.2, -0.15) is 0 Å². The minimum absolute atomic E-state index is 0.0691. The summed E-state index contributed by atoms with van der Waals surface area (Å²) in [6.45, 7) is 1.15. The van der Waals surface area contributed by atoms with E-state index >= 15 is 0 Å². The van der Waals surface area contributed by atoms with Gasteiger partial charge in [-0.15, -0.1) is 0 Å². The quantitative estimate of drug-likeness (QED) is 0.351. The van der Waals surface area contributed by atoms with Gasteiger partial charge in [0.05, 0.1) is 10.6 Å². The second kappa shape index (κ2) is 9.12. The number of aromatic nitrogens is 1. The number of fused-ring (bicyclic) bond motifs is 3. The molecule has 5 rings (SSSR count). The van der Waals surface area contributed by atoms with Crippen LogP contribution in [0.4, 0.5) is 13.9 Å². The highest BCUT2D eigenvalue weighted by Gasteiger charge is 2.36. The first-order chi connectivity index (χ1) is 16.4. The van der Waals surface area contributed by atoms with Gasteiger partial charge >= 0.3 is 0 Å². The summed E-state index contributed by atoms with van der Waals surface area (Å²) in [5.74, 6) is -0.927. The molecule has 2 heterocycles. The number of ether oxygens (including phenoxy) is 1. The summed E-state index contributed by atoms with van der Waals surface area (Å²) >= 11 is 1.12. The minimum atomic E-state index is -0.736. The molecule has 0 unspecified atom stereocenters. The predicted octanol–water partition coefficient (Wildman–Crippen LogP) is 5.80. The van der Waals surface area contributed by atoms with E-state index in [2.05, 4.69) is 4.98 Å². The zero-order valence-corrected chi connectivity index (χ0v) is 19.6. The van der Waals surface area contributed by atoms with Crippen LogP contribution in [0.2, 0.25) is 0 Å². The smallest absolute Gasteiger partial charge is 0.241 e. The monoisotopic (exact) mass is 479 g/mol. The van der Waals surface area contributed by atoms with E-state index in [9.17, 15) is 13.6 Å². The molecule has 5 nitrogen and oxygen atoms in total. The number of halogens is 2. The van der Waals surface area contributed by atoms with Crippen molar-refractivity contribution in [3.05, 3.63) is 83.4 Å². The number of anilines is 1. The van der Waals surface area contributed by atoms with Gasteiger partial charge in [0.2, 0.25) is 5.91 Å². The highest BCUT2D eigenvalue weighted by molar-refractivity contribution is 7.22. The van der Waals surface area contributed by atoms with Crippen molar-refractivity contribution in [2.24, 2.45) is 0 Å². The van der Waals surface area contributed by atoms with Gasteiger partial charge in [0.15, 0.2) is 10.9 Å². The highest BCUT2D eigenvalue weighted by Crippen LogP contribution is 2.45. The highest BCUT2D eigenvalue weighted by atomic mass is 32.1. The topological polar surface area (TPSA) is 45.7 Å². The summed E-state index contributed by atoms with van der Waals surface area (Å²) in [6.07, 6.45) is 0.692. The van der Waals surface area contributed by atoms with Crippen molar-refractivity contribution in [2.45, 2.75) is 12.3 Å². The van der Waals surface area contributed by atoms with Gasteiger partial charge in [-0.05, 0) is 45.3 Å². The van der Waals surface area contributed by atoms with E-state index < -0.39 is 17.6 Å². The molecule has 1 aliphatic heterocycles. The summed E-state index contributed by atoms with van der Waals surface area (Å²) in [7, 11) is 3.93. The predicted molar refractivity (Wildman–Crippen MR) is 130 cm³/mol. The maximum atomic E-state index is 14.4. The van der Waals surface area contributed by atoms with Gasteiger partial charge in [0, 0.05) is 23.7 Å². The van der Waals surface area contributed by atoms with E-state index in [0.717, 1.165) is 35.1 Å². The molecule has 0 atom stereocenters. The zero-order chi connectivity index (χ0) is 23.8. The molecule has 34 heavy (non-hydrogen) atoms. The SMILES string of the molecule is CN(C)CCCN(C(=O)C1c2ccccc2Oc2ccccc21)c1nc2c(F)cc(F)cc2s1. The molecule has 0 spiro atoms. The van der Waals surface area contributed by atoms with Crippen molar-refractivity contribution in [3.63, 3.8) is 0 Å². The Labute approximate surface area is 200 Å². The maximum Gasteiger partial charge on any atom is 0.241 e. The van der Waals surface area contributed by atoms with Crippen LogP contribution >= 0.6 is 11.3 Å². The molecule has 3 aromatic carbocycles. The van der Waals surface area contributed by atoms with Crippen LogP contribution in [-0.2, 0) is 4.79 Å². The molecule has 4 aromatic rings. The fourth-order valence-corrected chi connectivity index (χ4v) is 5.27.